The van der Waals surface area contributed by atoms with Gasteiger partial charge >= 0.3 is 0 Å². The van der Waals surface area contributed by atoms with Crippen molar-refractivity contribution in [1.82, 2.24) is 10.2 Å². The van der Waals surface area contributed by atoms with Crippen molar-refractivity contribution in [2.75, 3.05) is 26.3 Å². The quantitative estimate of drug-likeness (QED) is 0.728. The molecule has 15 heavy (non-hydrogen) atoms. The number of nitrogens with zero attached hydrogens (tertiary/aromatic N) is 1. The van der Waals surface area contributed by atoms with Gasteiger partial charge in [0.1, 0.15) is 0 Å². The molecule has 90 valence electrons. The molecule has 1 fully saturated rings. The predicted octanol–water partition coefficient (Wildman–Crippen LogP) is 2.70. The molecular weight excluding hydrogens is 184 g/mol. The van der Waals surface area contributed by atoms with E-state index in [4.69, 9.17) is 0 Å². The lowest BCUT2D eigenvalue weighted by Gasteiger charge is -2.34. The van der Waals surface area contributed by atoms with Gasteiger partial charge in [-0.3, -0.25) is 4.90 Å². The second kappa shape index (κ2) is 7.24. The number of rotatable bonds is 6. The van der Waals surface area contributed by atoms with Crippen molar-refractivity contribution in [3.8, 4) is 0 Å². The Bertz CT molecular complexity index is 159. The molecule has 1 aliphatic rings. The van der Waals surface area contributed by atoms with Crippen LogP contribution in [0.15, 0.2) is 0 Å². The minimum Gasteiger partial charge on any atom is -0.304 e. The van der Waals surface area contributed by atoms with E-state index in [2.05, 4.69) is 31.0 Å². The Morgan fingerprint density at radius 2 is 2.20 bits per heavy atom. The van der Waals surface area contributed by atoms with Crippen molar-refractivity contribution in [2.45, 2.75) is 46.5 Å². The Balaban J connectivity index is 2.24. The zero-order valence-corrected chi connectivity index (χ0v) is 10.8. The Hall–Kier alpha value is -0.0800. The average molecular weight is 212 g/mol. The molecule has 0 aromatic heterocycles. The van der Waals surface area contributed by atoms with Gasteiger partial charge < -0.3 is 5.32 Å². The highest BCUT2D eigenvalue weighted by Crippen LogP contribution is 2.15. The van der Waals surface area contributed by atoms with Crippen LogP contribution in [0, 0.1) is 11.8 Å². The van der Waals surface area contributed by atoms with Crippen LogP contribution < -0.4 is 5.32 Å². The van der Waals surface area contributed by atoms with Crippen molar-refractivity contribution in [2.24, 2.45) is 11.8 Å². The molecule has 1 heterocycles. The van der Waals surface area contributed by atoms with Crippen LogP contribution in [0.1, 0.15) is 46.5 Å². The number of hydrogen-bond donors (Lipinski definition) is 1. The minimum atomic E-state index is 0.822. The molecule has 0 aliphatic carbocycles. The number of unbranched alkanes of at least 4 members (excludes halogenated alkanes) is 1. The topological polar surface area (TPSA) is 15.3 Å². The molecule has 0 saturated carbocycles. The molecular formula is C13H28N2. The van der Waals surface area contributed by atoms with E-state index in [0.29, 0.717) is 0 Å². The fraction of sp³-hybridized carbons (Fsp3) is 1.00. The van der Waals surface area contributed by atoms with Gasteiger partial charge in [0.25, 0.3) is 0 Å². The highest BCUT2D eigenvalue weighted by Gasteiger charge is 2.18. The highest BCUT2D eigenvalue weighted by atomic mass is 15.2. The van der Waals surface area contributed by atoms with Crippen LogP contribution in [-0.4, -0.2) is 31.2 Å². The van der Waals surface area contributed by atoms with Crippen LogP contribution in [0.25, 0.3) is 0 Å². The molecule has 2 atom stereocenters. The third-order valence-corrected chi connectivity index (χ3v) is 3.46. The second-order valence-electron chi connectivity index (χ2n) is 5.17. The predicted molar refractivity (Wildman–Crippen MR) is 66.9 cm³/mol. The highest BCUT2D eigenvalue weighted by molar-refractivity contribution is 4.72. The van der Waals surface area contributed by atoms with Gasteiger partial charge in [-0.05, 0) is 18.3 Å². The Morgan fingerprint density at radius 3 is 2.80 bits per heavy atom. The Morgan fingerprint density at radius 1 is 1.40 bits per heavy atom. The molecule has 2 nitrogen and oxygen atoms in total. The molecule has 0 amide bonds. The molecule has 1 saturated heterocycles. The largest absolute Gasteiger partial charge is 0.304 e. The van der Waals surface area contributed by atoms with E-state index in [-0.39, 0.29) is 0 Å². The lowest BCUT2D eigenvalue weighted by atomic mass is 9.98. The van der Waals surface area contributed by atoms with E-state index < -0.39 is 0 Å². The molecule has 0 spiro atoms. The summed E-state index contributed by atoms with van der Waals surface area (Å²) in [6.45, 7) is 11.9. The van der Waals surface area contributed by atoms with Crippen molar-refractivity contribution >= 4 is 0 Å². The Kier molecular flexibility index (Phi) is 6.26. The summed E-state index contributed by atoms with van der Waals surface area (Å²) in [6.07, 6.45) is 5.49. The summed E-state index contributed by atoms with van der Waals surface area (Å²) in [5.74, 6) is 1.74. The van der Waals surface area contributed by atoms with E-state index in [1.807, 2.05) is 0 Å². The minimum absolute atomic E-state index is 0.822. The van der Waals surface area contributed by atoms with Gasteiger partial charge in [-0.25, -0.2) is 0 Å². The van der Waals surface area contributed by atoms with Gasteiger partial charge in [-0.2, -0.15) is 0 Å². The van der Waals surface area contributed by atoms with E-state index in [1.54, 1.807) is 0 Å². The van der Waals surface area contributed by atoms with E-state index in [9.17, 15) is 0 Å². The van der Waals surface area contributed by atoms with Crippen LogP contribution in [0.2, 0.25) is 0 Å². The van der Waals surface area contributed by atoms with Crippen molar-refractivity contribution in [3.05, 3.63) is 0 Å². The number of nitrogens with one attached hydrogen (secondary N) is 1. The van der Waals surface area contributed by atoms with Crippen molar-refractivity contribution < 1.29 is 0 Å². The molecule has 0 aromatic rings. The van der Waals surface area contributed by atoms with E-state index in [1.165, 1.54) is 45.3 Å². The fourth-order valence-electron chi connectivity index (χ4n) is 2.46. The van der Waals surface area contributed by atoms with Gasteiger partial charge in [0, 0.05) is 26.3 Å². The lowest BCUT2D eigenvalue weighted by Crippen LogP contribution is -2.47. The Labute approximate surface area is 95.4 Å². The first-order valence-corrected chi connectivity index (χ1v) is 6.69. The molecule has 0 radical (unpaired) electrons. The van der Waals surface area contributed by atoms with Gasteiger partial charge in [-0.1, -0.05) is 40.0 Å². The summed E-state index contributed by atoms with van der Waals surface area (Å²) in [5.41, 5.74) is 0. The monoisotopic (exact) mass is 212 g/mol. The standard InChI is InChI=1S/C13H28N2/c1-4-6-7-13(5-2)10-15-9-12(3)8-14-11-15/h12-14H,4-11H2,1-3H3. The molecule has 2 heteroatoms. The summed E-state index contributed by atoms with van der Waals surface area (Å²) >= 11 is 0. The third-order valence-electron chi connectivity index (χ3n) is 3.46. The number of hydrogen-bond acceptors (Lipinski definition) is 2. The summed E-state index contributed by atoms with van der Waals surface area (Å²) in [5, 5.41) is 3.50. The maximum atomic E-state index is 3.50. The van der Waals surface area contributed by atoms with Crippen molar-refractivity contribution in [1.29, 1.82) is 0 Å². The van der Waals surface area contributed by atoms with E-state index >= 15 is 0 Å². The third kappa shape index (κ3) is 4.98. The van der Waals surface area contributed by atoms with Crippen LogP contribution in [-0.2, 0) is 0 Å². The molecule has 1 N–H and O–H groups in total. The summed E-state index contributed by atoms with van der Waals surface area (Å²) < 4.78 is 0. The molecule has 1 aliphatic heterocycles. The smallest absolute Gasteiger partial charge is 0.0480 e. The summed E-state index contributed by atoms with van der Waals surface area (Å²) in [6, 6.07) is 0. The van der Waals surface area contributed by atoms with Gasteiger partial charge in [0.05, 0.1) is 0 Å². The van der Waals surface area contributed by atoms with Gasteiger partial charge in [0.2, 0.25) is 0 Å². The van der Waals surface area contributed by atoms with Gasteiger partial charge in [0.15, 0.2) is 0 Å². The molecule has 2 unspecified atom stereocenters. The molecule has 0 bridgehead atoms. The molecule has 0 aromatic carbocycles. The summed E-state index contributed by atoms with van der Waals surface area (Å²) in [7, 11) is 0. The summed E-state index contributed by atoms with van der Waals surface area (Å²) in [4.78, 5) is 2.60. The van der Waals surface area contributed by atoms with Crippen LogP contribution >= 0.6 is 0 Å². The maximum Gasteiger partial charge on any atom is 0.0480 e. The zero-order valence-electron chi connectivity index (χ0n) is 10.8. The lowest BCUT2D eigenvalue weighted by molar-refractivity contribution is 0.145. The normalized spacial score (nSPS) is 25.4. The van der Waals surface area contributed by atoms with Crippen molar-refractivity contribution in [3.63, 3.8) is 0 Å². The average Bonchev–Trinajstić information content (AvgIpc) is 2.24. The van der Waals surface area contributed by atoms with Gasteiger partial charge in [-0.15, -0.1) is 0 Å². The van der Waals surface area contributed by atoms with Crippen LogP contribution in [0.4, 0.5) is 0 Å². The van der Waals surface area contributed by atoms with Crippen LogP contribution in [0.3, 0.4) is 0 Å². The van der Waals surface area contributed by atoms with Crippen LogP contribution in [0.5, 0.6) is 0 Å². The first-order chi connectivity index (χ1) is 7.26. The SMILES string of the molecule is CCCCC(CC)CN1CNCC(C)C1. The maximum absolute atomic E-state index is 3.50. The van der Waals surface area contributed by atoms with E-state index in [0.717, 1.165) is 18.5 Å². The molecule has 1 rings (SSSR count). The first kappa shape index (κ1) is 13.0. The second-order valence-corrected chi connectivity index (χ2v) is 5.17. The fourth-order valence-corrected chi connectivity index (χ4v) is 2.46. The zero-order chi connectivity index (χ0) is 11.1. The first-order valence-electron chi connectivity index (χ1n) is 6.69.